The van der Waals surface area contributed by atoms with E-state index in [4.69, 9.17) is 0 Å². The van der Waals surface area contributed by atoms with E-state index >= 15 is 0 Å². The van der Waals surface area contributed by atoms with Gasteiger partial charge >= 0.3 is 0 Å². The van der Waals surface area contributed by atoms with Crippen molar-refractivity contribution >= 4 is 18.0 Å². The van der Waals surface area contributed by atoms with Gasteiger partial charge in [-0.25, -0.2) is 0 Å². The predicted molar refractivity (Wildman–Crippen MR) is 112 cm³/mol. The molecule has 3 aliphatic rings. The van der Waals surface area contributed by atoms with Gasteiger partial charge in [0.2, 0.25) is 0 Å². The highest BCUT2D eigenvalue weighted by molar-refractivity contribution is 5.85. The number of aromatic nitrogens is 1. The molecule has 1 aromatic rings. The van der Waals surface area contributed by atoms with Crippen LogP contribution in [0.15, 0.2) is 78.3 Å². The Morgan fingerprint density at radius 1 is 1.12 bits per heavy atom. The topological polar surface area (TPSA) is 16.1 Å². The van der Waals surface area contributed by atoms with Gasteiger partial charge in [-0.3, -0.25) is 4.98 Å². The first-order valence-corrected chi connectivity index (χ1v) is 9.45. The average molecular weight is 367 g/mol. The molecule has 1 unspecified atom stereocenters. The smallest absolute Gasteiger partial charge is 0.0363 e. The zero-order chi connectivity index (χ0) is 16.9. The van der Waals surface area contributed by atoms with Gasteiger partial charge in [-0.2, -0.15) is 0 Å². The first-order valence-electron chi connectivity index (χ1n) is 9.45. The Hall–Kier alpha value is -2.06. The minimum absolute atomic E-state index is 0. The van der Waals surface area contributed by atoms with E-state index in [9.17, 15) is 0 Å². The van der Waals surface area contributed by atoms with Crippen LogP contribution in [0.5, 0.6) is 0 Å². The van der Waals surface area contributed by atoms with Crippen LogP contribution in [-0.2, 0) is 0 Å². The lowest BCUT2D eigenvalue weighted by molar-refractivity contribution is 0.315. The maximum absolute atomic E-state index is 4.27. The highest BCUT2D eigenvalue weighted by Crippen LogP contribution is 2.32. The van der Waals surface area contributed by atoms with Crippen molar-refractivity contribution < 1.29 is 0 Å². The van der Waals surface area contributed by atoms with Crippen molar-refractivity contribution in [2.75, 3.05) is 13.1 Å². The van der Waals surface area contributed by atoms with Gasteiger partial charge in [0.05, 0.1) is 0 Å². The number of rotatable bonds is 4. The molecule has 0 saturated heterocycles. The molecule has 0 radical (unpaired) electrons. The fraction of sp³-hybridized carbons (Fsp3) is 0.348. The number of hydrogen-bond acceptors (Lipinski definition) is 2. The maximum atomic E-state index is 4.27. The molecule has 2 nitrogen and oxygen atoms in total. The third kappa shape index (κ3) is 4.56. The summed E-state index contributed by atoms with van der Waals surface area (Å²) in [5.41, 5.74) is 5.67. The minimum atomic E-state index is 0. The van der Waals surface area contributed by atoms with Gasteiger partial charge in [0.15, 0.2) is 0 Å². The summed E-state index contributed by atoms with van der Waals surface area (Å²) in [5.74, 6) is 0.733. The highest BCUT2D eigenvalue weighted by atomic mass is 35.5. The number of pyridine rings is 1. The summed E-state index contributed by atoms with van der Waals surface area (Å²) >= 11 is 0. The van der Waals surface area contributed by atoms with Crippen LogP contribution in [0, 0.1) is 5.92 Å². The molecule has 2 aliphatic carbocycles. The zero-order valence-electron chi connectivity index (χ0n) is 15.2. The van der Waals surface area contributed by atoms with Gasteiger partial charge in [0, 0.05) is 25.5 Å². The van der Waals surface area contributed by atoms with E-state index in [2.05, 4.69) is 58.6 Å². The molecule has 0 amide bonds. The number of nitrogens with zero attached hydrogens (tertiary/aromatic N) is 2. The molecule has 0 saturated carbocycles. The van der Waals surface area contributed by atoms with E-state index in [1.54, 1.807) is 0 Å². The van der Waals surface area contributed by atoms with Gasteiger partial charge in [-0.1, -0.05) is 36.4 Å². The lowest BCUT2D eigenvalue weighted by Crippen LogP contribution is -2.28. The fourth-order valence-electron chi connectivity index (χ4n) is 4.01. The van der Waals surface area contributed by atoms with Gasteiger partial charge in [0.25, 0.3) is 0 Å². The van der Waals surface area contributed by atoms with Gasteiger partial charge in [-0.15, -0.1) is 12.4 Å². The maximum Gasteiger partial charge on any atom is 0.0363 e. The number of hydrogen-bond donors (Lipinski definition) is 0. The lowest BCUT2D eigenvalue weighted by atomic mass is 9.85. The molecule has 3 heteroatoms. The van der Waals surface area contributed by atoms with E-state index in [-0.39, 0.29) is 12.4 Å². The van der Waals surface area contributed by atoms with Crippen molar-refractivity contribution in [1.82, 2.24) is 9.88 Å². The molecular formula is C23H27ClN2. The highest BCUT2D eigenvalue weighted by Gasteiger charge is 2.19. The van der Waals surface area contributed by atoms with Crippen LogP contribution in [0.4, 0.5) is 0 Å². The number of allylic oxidation sites excluding steroid dienone is 8. The molecule has 136 valence electrons. The first-order chi connectivity index (χ1) is 12.4. The Morgan fingerprint density at radius 3 is 2.81 bits per heavy atom. The summed E-state index contributed by atoms with van der Waals surface area (Å²) in [6.07, 6.45) is 25.9. The molecular weight excluding hydrogens is 340 g/mol. The average Bonchev–Trinajstić information content (AvgIpc) is 2.70. The van der Waals surface area contributed by atoms with Crippen LogP contribution >= 0.6 is 12.4 Å². The molecule has 0 N–H and O–H groups in total. The Labute approximate surface area is 163 Å². The normalized spacial score (nSPS) is 22.2. The number of halogens is 1. The summed E-state index contributed by atoms with van der Waals surface area (Å²) in [5, 5.41) is 0. The molecule has 1 aliphatic heterocycles. The Morgan fingerprint density at radius 2 is 2.08 bits per heavy atom. The van der Waals surface area contributed by atoms with Crippen molar-refractivity contribution in [3.05, 3.63) is 83.9 Å². The van der Waals surface area contributed by atoms with Crippen LogP contribution < -0.4 is 0 Å². The van der Waals surface area contributed by atoms with Gasteiger partial charge in [-0.05, 0) is 78.6 Å². The van der Waals surface area contributed by atoms with E-state index in [1.165, 1.54) is 41.5 Å². The van der Waals surface area contributed by atoms with Crippen LogP contribution in [0.3, 0.4) is 0 Å². The summed E-state index contributed by atoms with van der Waals surface area (Å²) in [6, 6.07) is 4.22. The van der Waals surface area contributed by atoms with E-state index in [0.29, 0.717) is 0 Å². The van der Waals surface area contributed by atoms with Crippen LogP contribution in [0.25, 0.3) is 5.57 Å². The molecule has 0 spiro atoms. The molecule has 0 aromatic carbocycles. The SMILES string of the molecule is C1=CCC(C2=CCN(CC3CCC=C(c4cccnc4)C3)C=C2)=CC1.Cl. The predicted octanol–water partition coefficient (Wildman–Crippen LogP) is 5.72. The zero-order valence-corrected chi connectivity index (χ0v) is 16.0. The van der Waals surface area contributed by atoms with Crippen LogP contribution in [-0.4, -0.2) is 23.0 Å². The first kappa shape index (κ1) is 18.7. The Balaban J connectivity index is 0.00000196. The monoisotopic (exact) mass is 366 g/mol. The minimum Gasteiger partial charge on any atom is -0.373 e. The molecule has 0 bridgehead atoms. The van der Waals surface area contributed by atoms with E-state index < -0.39 is 0 Å². The fourth-order valence-corrected chi connectivity index (χ4v) is 4.01. The Bertz CT molecular complexity index is 756. The second-order valence-corrected chi connectivity index (χ2v) is 7.19. The van der Waals surface area contributed by atoms with Crippen molar-refractivity contribution in [3.63, 3.8) is 0 Å². The second kappa shape index (κ2) is 9.05. The van der Waals surface area contributed by atoms with Crippen molar-refractivity contribution in [2.24, 2.45) is 5.92 Å². The Kier molecular flexibility index (Phi) is 6.51. The van der Waals surface area contributed by atoms with Gasteiger partial charge in [0.1, 0.15) is 0 Å². The van der Waals surface area contributed by atoms with Gasteiger partial charge < -0.3 is 4.90 Å². The molecule has 1 aromatic heterocycles. The molecule has 0 fully saturated rings. The lowest BCUT2D eigenvalue weighted by Gasteiger charge is -2.30. The third-order valence-corrected chi connectivity index (χ3v) is 5.39. The standard InChI is InChI=1S/C23H26N2.ClH/c1-2-7-20(8-3-1)21-11-14-25(15-12-21)18-19-6-4-9-22(16-19)23-10-5-13-24-17-23;/h1-2,5,8-14,17,19H,3-4,6-7,15-16,18H2;1H. The van der Waals surface area contributed by atoms with E-state index in [0.717, 1.165) is 31.8 Å². The van der Waals surface area contributed by atoms with Crippen molar-refractivity contribution in [3.8, 4) is 0 Å². The third-order valence-electron chi connectivity index (χ3n) is 5.39. The summed E-state index contributed by atoms with van der Waals surface area (Å²) in [6.45, 7) is 2.19. The van der Waals surface area contributed by atoms with Crippen molar-refractivity contribution in [2.45, 2.75) is 32.1 Å². The molecule has 2 heterocycles. The second-order valence-electron chi connectivity index (χ2n) is 7.19. The van der Waals surface area contributed by atoms with E-state index in [1.807, 2.05) is 18.5 Å². The van der Waals surface area contributed by atoms with Crippen molar-refractivity contribution in [1.29, 1.82) is 0 Å². The summed E-state index contributed by atoms with van der Waals surface area (Å²) < 4.78 is 0. The summed E-state index contributed by atoms with van der Waals surface area (Å²) in [7, 11) is 0. The summed E-state index contributed by atoms with van der Waals surface area (Å²) in [4.78, 5) is 6.74. The molecule has 26 heavy (non-hydrogen) atoms. The largest absolute Gasteiger partial charge is 0.373 e. The molecule has 1 atom stereocenters. The molecule has 4 rings (SSSR count). The van der Waals surface area contributed by atoms with Crippen LogP contribution in [0.2, 0.25) is 0 Å². The quantitative estimate of drug-likeness (QED) is 0.633. The van der Waals surface area contributed by atoms with Crippen LogP contribution in [0.1, 0.15) is 37.7 Å².